The lowest BCUT2D eigenvalue weighted by Gasteiger charge is -2.31. The first kappa shape index (κ1) is 8.11. The van der Waals surface area contributed by atoms with E-state index in [2.05, 4.69) is 14.9 Å². The van der Waals surface area contributed by atoms with Crippen molar-refractivity contribution in [3.05, 3.63) is 0 Å². The highest BCUT2D eigenvalue weighted by Crippen LogP contribution is 2.39. The molecule has 2 unspecified atom stereocenters. The Morgan fingerprint density at radius 3 is 3.14 bits per heavy atom. The summed E-state index contributed by atoms with van der Waals surface area (Å²) in [6.07, 6.45) is 1.94. The summed E-state index contributed by atoms with van der Waals surface area (Å²) in [7, 11) is 0. The van der Waals surface area contributed by atoms with Crippen molar-refractivity contribution in [3.63, 3.8) is 0 Å². The Bertz CT molecular complexity index is 373. The van der Waals surface area contributed by atoms with Crippen LogP contribution in [0.25, 0.3) is 0 Å². The van der Waals surface area contributed by atoms with Gasteiger partial charge in [-0.05, 0) is 19.4 Å². The second kappa shape index (κ2) is 2.42. The first-order chi connectivity index (χ1) is 6.71. The van der Waals surface area contributed by atoms with Gasteiger partial charge < -0.3 is 5.73 Å². The Kier molecular flexibility index (Phi) is 1.40. The largest absolute Gasteiger partial charge is 0.368 e. The van der Waals surface area contributed by atoms with Crippen molar-refractivity contribution in [1.29, 1.82) is 0 Å². The second-order valence-corrected chi connectivity index (χ2v) is 4.23. The van der Waals surface area contributed by atoms with Gasteiger partial charge >= 0.3 is 0 Å². The van der Waals surface area contributed by atoms with Crippen molar-refractivity contribution in [2.45, 2.75) is 12.8 Å². The molecule has 74 valence electrons. The number of hydrogen-bond acceptors (Lipinski definition) is 4. The van der Waals surface area contributed by atoms with E-state index in [1.807, 2.05) is 0 Å². The SMILES string of the molecule is NC1=NC(=O)C23CCCN(CC2=N1)C3. The number of piperidine rings is 1. The molecule has 3 aliphatic heterocycles. The van der Waals surface area contributed by atoms with Gasteiger partial charge in [-0.3, -0.25) is 9.69 Å². The predicted molar refractivity (Wildman–Crippen MR) is 52.2 cm³/mol. The smallest absolute Gasteiger partial charge is 0.262 e. The van der Waals surface area contributed by atoms with Crippen molar-refractivity contribution in [1.82, 2.24) is 4.90 Å². The monoisotopic (exact) mass is 192 g/mol. The average molecular weight is 192 g/mol. The fourth-order valence-corrected chi connectivity index (χ4v) is 2.69. The van der Waals surface area contributed by atoms with E-state index in [4.69, 9.17) is 5.73 Å². The van der Waals surface area contributed by atoms with Gasteiger partial charge in [0, 0.05) is 13.1 Å². The van der Waals surface area contributed by atoms with Gasteiger partial charge in [-0.2, -0.15) is 4.99 Å². The van der Waals surface area contributed by atoms with Crippen molar-refractivity contribution in [3.8, 4) is 0 Å². The number of rotatable bonds is 0. The molecular weight excluding hydrogens is 180 g/mol. The topological polar surface area (TPSA) is 71.0 Å². The van der Waals surface area contributed by atoms with Gasteiger partial charge in [0.05, 0.1) is 5.71 Å². The lowest BCUT2D eigenvalue weighted by atomic mass is 9.78. The number of carbonyl (C=O) groups is 1. The standard InChI is InChI=1S/C9H12N4O/c10-8-11-6-4-13-3-1-2-9(6,5-13)7(14)12-8/h1-5H2,(H2,10,12,14). The summed E-state index contributed by atoms with van der Waals surface area (Å²) in [5.74, 6) is 0.0478. The van der Waals surface area contributed by atoms with E-state index < -0.39 is 5.41 Å². The number of fused-ring (bicyclic) bond motifs is 1. The van der Waals surface area contributed by atoms with Crippen LogP contribution in [0.3, 0.4) is 0 Å². The maximum absolute atomic E-state index is 11.8. The predicted octanol–water partition coefficient (Wildman–Crippen LogP) is -0.622. The third kappa shape index (κ3) is 0.850. The summed E-state index contributed by atoms with van der Waals surface area (Å²) < 4.78 is 0. The zero-order chi connectivity index (χ0) is 9.76. The molecule has 1 amide bonds. The molecule has 2 saturated heterocycles. The van der Waals surface area contributed by atoms with Crippen LogP contribution in [0.15, 0.2) is 9.98 Å². The van der Waals surface area contributed by atoms with Gasteiger partial charge in [0.15, 0.2) is 0 Å². The molecule has 0 saturated carbocycles. The molecule has 0 aliphatic carbocycles. The Balaban J connectivity index is 2.10. The van der Waals surface area contributed by atoms with Crippen molar-refractivity contribution in [2.24, 2.45) is 21.1 Å². The van der Waals surface area contributed by atoms with Crippen LogP contribution in [-0.4, -0.2) is 42.1 Å². The van der Waals surface area contributed by atoms with Crippen LogP contribution in [0.4, 0.5) is 0 Å². The third-order valence-electron chi connectivity index (χ3n) is 3.37. The average Bonchev–Trinajstić information content (AvgIpc) is 2.38. The molecule has 1 spiro atoms. The number of carbonyl (C=O) groups excluding carboxylic acids is 1. The number of nitrogens with zero attached hydrogens (tertiary/aromatic N) is 3. The molecule has 0 aromatic heterocycles. The van der Waals surface area contributed by atoms with Gasteiger partial charge in [-0.1, -0.05) is 0 Å². The fraction of sp³-hybridized carbons (Fsp3) is 0.667. The summed E-state index contributed by atoms with van der Waals surface area (Å²) in [4.78, 5) is 22.1. The second-order valence-electron chi connectivity index (χ2n) is 4.23. The van der Waals surface area contributed by atoms with E-state index in [1.54, 1.807) is 0 Å². The van der Waals surface area contributed by atoms with Crippen molar-refractivity contribution >= 4 is 17.6 Å². The van der Waals surface area contributed by atoms with Crippen LogP contribution in [0.5, 0.6) is 0 Å². The molecule has 3 rings (SSSR count). The number of hydrogen-bond donors (Lipinski definition) is 1. The Morgan fingerprint density at radius 1 is 1.43 bits per heavy atom. The highest BCUT2D eigenvalue weighted by Gasteiger charge is 2.53. The summed E-state index contributed by atoms with van der Waals surface area (Å²) in [6, 6.07) is 0. The summed E-state index contributed by atoms with van der Waals surface area (Å²) >= 11 is 0. The lowest BCUT2D eigenvalue weighted by Crippen LogP contribution is -2.44. The molecule has 5 nitrogen and oxygen atoms in total. The minimum atomic E-state index is -0.402. The van der Waals surface area contributed by atoms with E-state index in [1.165, 1.54) is 0 Å². The van der Waals surface area contributed by atoms with Crippen LogP contribution in [-0.2, 0) is 4.79 Å². The van der Waals surface area contributed by atoms with Crippen LogP contribution < -0.4 is 5.73 Å². The van der Waals surface area contributed by atoms with Crippen LogP contribution in [0, 0.1) is 5.41 Å². The maximum Gasteiger partial charge on any atom is 0.262 e. The highest BCUT2D eigenvalue weighted by atomic mass is 16.2. The van der Waals surface area contributed by atoms with Crippen molar-refractivity contribution in [2.75, 3.05) is 19.6 Å². The Labute approximate surface area is 81.7 Å². The summed E-state index contributed by atoms with van der Waals surface area (Å²) in [5, 5.41) is 0. The van der Waals surface area contributed by atoms with Gasteiger partial charge in [0.1, 0.15) is 5.41 Å². The molecule has 2 fully saturated rings. The third-order valence-corrected chi connectivity index (χ3v) is 3.37. The first-order valence-electron chi connectivity index (χ1n) is 4.90. The molecule has 2 N–H and O–H groups in total. The molecule has 3 heterocycles. The van der Waals surface area contributed by atoms with E-state index in [0.717, 1.165) is 38.2 Å². The molecule has 0 aromatic rings. The van der Waals surface area contributed by atoms with Gasteiger partial charge in [-0.15, -0.1) is 0 Å². The minimum Gasteiger partial charge on any atom is -0.368 e. The number of amides is 1. The number of nitrogens with two attached hydrogens (primary N) is 1. The summed E-state index contributed by atoms with van der Waals surface area (Å²) in [5.41, 5.74) is 6.02. The van der Waals surface area contributed by atoms with Gasteiger partial charge in [0.25, 0.3) is 5.91 Å². The molecule has 3 aliphatic rings. The van der Waals surface area contributed by atoms with E-state index in [-0.39, 0.29) is 11.9 Å². The maximum atomic E-state index is 11.8. The first-order valence-corrected chi connectivity index (χ1v) is 4.90. The molecule has 0 aromatic carbocycles. The highest BCUT2D eigenvalue weighted by molar-refractivity contribution is 6.20. The van der Waals surface area contributed by atoms with Crippen LogP contribution in [0.1, 0.15) is 12.8 Å². The number of guanidine groups is 1. The van der Waals surface area contributed by atoms with Gasteiger partial charge in [-0.25, -0.2) is 4.99 Å². The molecule has 0 radical (unpaired) electrons. The molecule has 5 heteroatoms. The zero-order valence-corrected chi connectivity index (χ0v) is 7.86. The summed E-state index contributed by atoms with van der Waals surface area (Å²) in [6.45, 7) is 2.65. The normalized spacial score (nSPS) is 40.3. The van der Waals surface area contributed by atoms with E-state index in [0.29, 0.717) is 0 Å². The lowest BCUT2D eigenvalue weighted by molar-refractivity contribution is -0.125. The van der Waals surface area contributed by atoms with E-state index >= 15 is 0 Å². The van der Waals surface area contributed by atoms with Crippen molar-refractivity contribution < 1.29 is 4.79 Å². The van der Waals surface area contributed by atoms with E-state index in [9.17, 15) is 4.79 Å². The van der Waals surface area contributed by atoms with Crippen LogP contribution >= 0.6 is 0 Å². The van der Waals surface area contributed by atoms with Crippen LogP contribution in [0.2, 0.25) is 0 Å². The zero-order valence-electron chi connectivity index (χ0n) is 7.86. The molecule has 2 bridgehead atoms. The number of aliphatic imine (C=N–C) groups is 2. The Morgan fingerprint density at radius 2 is 2.29 bits per heavy atom. The fourth-order valence-electron chi connectivity index (χ4n) is 2.69. The Hall–Kier alpha value is -1.23. The molecule has 14 heavy (non-hydrogen) atoms. The molecule has 2 atom stereocenters. The minimum absolute atomic E-state index is 0.0813. The molecular formula is C9H12N4O. The van der Waals surface area contributed by atoms with Gasteiger partial charge in [0.2, 0.25) is 5.96 Å². The quantitative estimate of drug-likeness (QED) is 0.556.